The second-order valence-electron chi connectivity index (χ2n) is 9.20. The molecule has 6 rings (SSSR count). The van der Waals surface area contributed by atoms with Gasteiger partial charge in [0.05, 0.1) is 35.6 Å². The Hall–Kier alpha value is -3.27. The summed E-state index contributed by atoms with van der Waals surface area (Å²) in [5.74, 6) is 1.94. The minimum absolute atomic E-state index is 0.000474. The van der Waals surface area contributed by atoms with Crippen LogP contribution in [-0.4, -0.2) is 56.7 Å². The van der Waals surface area contributed by atoms with E-state index in [1.54, 1.807) is 19.3 Å². The van der Waals surface area contributed by atoms with Crippen molar-refractivity contribution in [1.82, 2.24) is 19.9 Å². The molecule has 3 fully saturated rings. The molecule has 0 aromatic carbocycles. The summed E-state index contributed by atoms with van der Waals surface area (Å²) in [4.78, 5) is 32.9. The summed E-state index contributed by atoms with van der Waals surface area (Å²) in [6.07, 6.45) is 9.59. The van der Waals surface area contributed by atoms with Crippen LogP contribution in [0, 0.1) is 6.92 Å². The third kappa shape index (κ3) is 3.44. The van der Waals surface area contributed by atoms with Gasteiger partial charge in [0.15, 0.2) is 5.82 Å². The molecule has 3 aromatic rings. The number of nitrogens with zero attached hydrogens (tertiary/aromatic N) is 5. The topological polar surface area (TPSA) is 118 Å². The van der Waals surface area contributed by atoms with Crippen LogP contribution in [0.25, 0.3) is 11.1 Å². The highest BCUT2D eigenvalue weighted by molar-refractivity contribution is 6.15. The zero-order valence-corrected chi connectivity index (χ0v) is 18.1. The minimum atomic E-state index is -0.327. The SMILES string of the molecule is Cc1oc2ncnc(NC3(C)CC3)c2c1C(=O)Nc1cnc(N2CC3CCC(C2)O3)cn1. The van der Waals surface area contributed by atoms with E-state index < -0.39 is 0 Å². The van der Waals surface area contributed by atoms with Gasteiger partial charge in [0.1, 0.15) is 23.7 Å². The summed E-state index contributed by atoms with van der Waals surface area (Å²) >= 11 is 0. The molecule has 10 nitrogen and oxygen atoms in total. The number of amides is 1. The van der Waals surface area contributed by atoms with E-state index >= 15 is 0 Å². The predicted molar refractivity (Wildman–Crippen MR) is 118 cm³/mol. The molecule has 2 N–H and O–H groups in total. The maximum absolute atomic E-state index is 13.2. The van der Waals surface area contributed by atoms with Gasteiger partial charge in [0.2, 0.25) is 5.71 Å². The fourth-order valence-corrected chi connectivity index (χ4v) is 4.54. The van der Waals surface area contributed by atoms with Crippen molar-refractivity contribution in [2.75, 3.05) is 28.6 Å². The minimum Gasteiger partial charge on any atom is -0.442 e. The van der Waals surface area contributed by atoms with E-state index in [1.807, 2.05) is 0 Å². The molecule has 3 aromatic heterocycles. The van der Waals surface area contributed by atoms with Crippen molar-refractivity contribution in [2.45, 2.75) is 57.3 Å². The van der Waals surface area contributed by atoms with E-state index in [0.717, 1.165) is 44.6 Å². The maximum atomic E-state index is 13.2. The van der Waals surface area contributed by atoms with Gasteiger partial charge in [-0.3, -0.25) is 4.79 Å². The van der Waals surface area contributed by atoms with E-state index in [-0.39, 0.29) is 23.7 Å². The van der Waals surface area contributed by atoms with Crippen molar-refractivity contribution in [2.24, 2.45) is 0 Å². The van der Waals surface area contributed by atoms with Gasteiger partial charge in [-0.05, 0) is 39.5 Å². The Morgan fingerprint density at radius 3 is 2.59 bits per heavy atom. The summed E-state index contributed by atoms with van der Waals surface area (Å²) in [5.41, 5.74) is 0.793. The van der Waals surface area contributed by atoms with Crippen molar-refractivity contribution in [3.8, 4) is 0 Å². The lowest BCUT2D eigenvalue weighted by Crippen LogP contribution is -2.43. The van der Waals surface area contributed by atoms with E-state index in [1.165, 1.54) is 6.33 Å². The number of hydrogen-bond acceptors (Lipinski definition) is 9. The highest BCUT2D eigenvalue weighted by Gasteiger charge is 2.39. The highest BCUT2D eigenvalue weighted by atomic mass is 16.5. The van der Waals surface area contributed by atoms with Gasteiger partial charge in [-0.15, -0.1) is 0 Å². The van der Waals surface area contributed by atoms with Crippen LogP contribution in [0.2, 0.25) is 0 Å². The van der Waals surface area contributed by atoms with E-state index in [4.69, 9.17) is 9.15 Å². The number of aromatic nitrogens is 4. The average Bonchev–Trinajstić information content (AvgIpc) is 3.25. The normalized spacial score (nSPS) is 23.4. The van der Waals surface area contributed by atoms with Gasteiger partial charge >= 0.3 is 0 Å². The Morgan fingerprint density at radius 2 is 1.91 bits per heavy atom. The maximum Gasteiger partial charge on any atom is 0.261 e. The number of rotatable bonds is 5. The molecule has 166 valence electrons. The first-order valence-electron chi connectivity index (χ1n) is 11.0. The van der Waals surface area contributed by atoms with Crippen LogP contribution in [0.1, 0.15) is 48.7 Å². The first kappa shape index (κ1) is 19.4. The van der Waals surface area contributed by atoms with E-state index in [0.29, 0.717) is 34.1 Å². The van der Waals surface area contributed by atoms with Crippen molar-refractivity contribution < 1.29 is 13.9 Å². The zero-order valence-electron chi connectivity index (χ0n) is 18.1. The number of carbonyl (C=O) groups excluding carboxylic acids is 1. The number of fused-ring (bicyclic) bond motifs is 3. The quantitative estimate of drug-likeness (QED) is 0.623. The largest absolute Gasteiger partial charge is 0.442 e. The monoisotopic (exact) mass is 435 g/mol. The molecule has 0 radical (unpaired) electrons. The molecule has 2 atom stereocenters. The molecule has 10 heteroatoms. The molecule has 32 heavy (non-hydrogen) atoms. The third-order valence-electron chi connectivity index (χ3n) is 6.56. The smallest absolute Gasteiger partial charge is 0.261 e. The summed E-state index contributed by atoms with van der Waals surface area (Å²) in [5, 5.41) is 6.86. The number of hydrogen-bond donors (Lipinski definition) is 2. The third-order valence-corrected chi connectivity index (χ3v) is 6.56. The molecule has 1 amide bonds. The molecule has 5 heterocycles. The Morgan fingerprint density at radius 1 is 1.12 bits per heavy atom. The van der Waals surface area contributed by atoms with Gasteiger partial charge in [0, 0.05) is 18.6 Å². The Labute approximate surface area is 184 Å². The van der Waals surface area contributed by atoms with Crippen molar-refractivity contribution in [1.29, 1.82) is 0 Å². The zero-order chi connectivity index (χ0) is 21.9. The second kappa shape index (κ2) is 7.13. The summed E-state index contributed by atoms with van der Waals surface area (Å²) < 4.78 is 11.6. The lowest BCUT2D eigenvalue weighted by atomic mass is 10.1. The average molecular weight is 435 g/mol. The number of carbonyl (C=O) groups is 1. The van der Waals surface area contributed by atoms with Crippen LogP contribution in [0.15, 0.2) is 23.1 Å². The van der Waals surface area contributed by atoms with Gasteiger partial charge in [0.25, 0.3) is 5.91 Å². The van der Waals surface area contributed by atoms with Crippen LogP contribution in [0.4, 0.5) is 17.5 Å². The lowest BCUT2D eigenvalue weighted by molar-refractivity contribution is 0.0302. The molecular formula is C22H25N7O3. The van der Waals surface area contributed by atoms with E-state index in [9.17, 15) is 4.79 Å². The Kier molecular flexibility index (Phi) is 4.32. The number of morpholine rings is 1. The molecule has 0 spiro atoms. The van der Waals surface area contributed by atoms with Crippen molar-refractivity contribution in [3.05, 3.63) is 30.0 Å². The molecule has 1 saturated carbocycles. The number of furan rings is 1. The predicted octanol–water partition coefficient (Wildman–Crippen LogP) is 2.91. The van der Waals surface area contributed by atoms with Crippen LogP contribution in [-0.2, 0) is 4.74 Å². The lowest BCUT2D eigenvalue weighted by Gasteiger charge is -2.32. The summed E-state index contributed by atoms with van der Waals surface area (Å²) in [6, 6.07) is 0. The fraction of sp³-hybridized carbons (Fsp3) is 0.500. The fourth-order valence-electron chi connectivity index (χ4n) is 4.54. The standard InChI is InChI=1S/C22H25N7O3/c1-12-17(18-19(28-22(2)5-6-22)25-11-26-21(18)31-12)20(30)27-15-7-24-16(8-23-15)29-9-13-3-4-14(10-29)32-13/h7-8,11,13-14H,3-6,9-10H2,1-2H3,(H,23,27,30)(H,25,26,28). The van der Waals surface area contributed by atoms with Crippen LogP contribution in [0.3, 0.4) is 0 Å². The van der Waals surface area contributed by atoms with Crippen molar-refractivity contribution >= 4 is 34.5 Å². The molecule has 2 bridgehead atoms. The van der Waals surface area contributed by atoms with Crippen LogP contribution >= 0.6 is 0 Å². The first-order chi connectivity index (χ1) is 15.5. The van der Waals surface area contributed by atoms with Crippen LogP contribution < -0.4 is 15.5 Å². The first-order valence-corrected chi connectivity index (χ1v) is 11.0. The molecule has 2 saturated heterocycles. The van der Waals surface area contributed by atoms with Gasteiger partial charge in [-0.25, -0.2) is 19.9 Å². The second-order valence-corrected chi connectivity index (χ2v) is 9.20. The molecule has 2 aliphatic heterocycles. The number of nitrogens with one attached hydrogen (secondary N) is 2. The Bertz CT molecular complexity index is 1180. The van der Waals surface area contributed by atoms with Crippen molar-refractivity contribution in [3.63, 3.8) is 0 Å². The highest BCUT2D eigenvalue weighted by Crippen LogP contribution is 2.40. The summed E-state index contributed by atoms with van der Waals surface area (Å²) in [7, 11) is 0. The van der Waals surface area contributed by atoms with Gasteiger partial charge < -0.3 is 24.7 Å². The van der Waals surface area contributed by atoms with Gasteiger partial charge in [-0.2, -0.15) is 0 Å². The number of aryl methyl sites for hydroxylation is 1. The summed E-state index contributed by atoms with van der Waals surface area (Å²) in [6.45, 7) is 5.53. The molecular weight excluding hydrogens is 410 g/mol. The Balaban J connectivity index is 1.23. The number of ether oxygens (including phenoxy) is 1. The van der Waals surface area contributed by atoms with Crippen LogP contribution in [0.5, 0.6) is 0 Å². The molecule has 3 aliphatic rings. The molecule has 1 aliphatic carbocycles. The molecule has 2 unspecified atom stereocenters. The van der Waals surface area contributed by atoms with E-state index in [2.05, 4.69) is 42.4 Å². The van der Waals surface area contributed by atoms with Gasteiger partial charge in [-0.1, -0.05) is 0 Å². The number of anilines is 3.